The molecule has 0 aliphatic carbocycles. The quantitative estimate of drug-likeness (QED) is 0.467. The van der Waals surface area contributed by atoms with E-state index in [1.807, 2.05) is 39.0 Å². The summed E-state index contributed by atoms with van der Waals surface area (Å²) in [7, 11) is 0. The number of nitrogens with zero attached hydrogens (tertiary/aromatic N) is 1. The van der Waals surface area contributed by atoms with E-state index in [2.05, 4.69) is 5.32 Å². The Morgan fingerprint density at radius 3 is 2.44 bits per heavy atom. The Hall–Kier alpha value is -2.44. The number of ether oxygens (including phenoxy) is 2. The van der Waals surface area contributed by atoms with Gasteiger partial charge in [0, 0.05) is 29.1 Å². The summed E-state index contributed by atoms with van der Waals surface area (Å²) in [6.45, 7) is 7.14. The summed E-state index contributed by atoms with van der Waals surface area (Å²) >= 11 is 12.5. The van der Waals surface area contributed by atoms with Crippen LogP contribution in [0.4, 0.5) is 0 Å². The van der Waals surface area contributed by atoms with Crippen LogP contribution in [0.5, 0.6) is 11.5 Å². The second kappa shape index (κ2) is 12.3. The van der Waals surface area contributed by atoms with Crippen LogP contribution in [-0.4, -0.2) is 42.0 Å². The van der Waals surface area contributed by atoms with Crippen molar-refractivity contribution in [3.63, 3.8) is 0 Å². The fourth-order valence-electron chi connectivity index (χ4n) is 3.83. The van der Waals surface area contributed by atoms with Crippen molar-refractivity contribution in [1.29, 1.82) is 0 Å². The van der Waals surface area contributed by atoms with Crippen LogP contribution in [0, 0.1) is 0 Å². The minimum atomic E-state index is -0.603. The molecular formula is C26H32Cl2N2O4. The topological polar surface area (TPSA) is 67.9 Å². The van der Waals surface area contributed by atoms with Crippen LogP contribution >= 0.6 is 23.2 Å². The molecule has 6 nitrogen and oxygen atoms in total. The van der Waals surface area contributed by atoms with Crippen molar-refractivity contribution in [2.75, 3.05) is 13.2 Å². The van der Waals surface area contributed by atoms with Crippen LogP contribution in [0.3, 0.4) is 0 Å². The molecule has 2 atom stereocenters. The molecular weight excluding hydrogens is 475 g/mol. The van der Waals surface area contributed by atoms with E-state index >= 15 is 0 Å². The Kier molecular flexibility index (Phi) is 9.48. The second-order valence-corrected chi connectivity index (χ2v) is 9.32. The number of aryl methyl sites for hydroxylation is 1. The number of hydrogen-bond acceptors (Lipinski definition) is 4. The van der Waals surface area contributed by atoms with E-state index < -0.39 is 6.04 Å². The average molecular weight is 507 g/mol. The van der Waals surface area contributed by atoms with E-state index in [0.717, 1.165) is 17.5 Å². The summed E-state index contributed by atoms with van der Waals surface area (Å²) in [4.78, 5) is 28.2. The van der Waals surface area contributed by atoms with Crippen molar-refractivity contribution in [1.82, 2.24) is 10.2 Å². The van der Waals surface area contributed by atoms with Gasteiger partial charge in [-0.25, -0.2) is 0 Å². The van der Waals surface area contributed by atoms with E-state index in [1.165, 1.54) is 0 Å². The average Bonchev–Trinajstić information content (AvgIpc) is 2.83. The van der Waals surface area contributed by atoms with E-state index in [-0.39, 0.29) is 30.8 Å². The summed E-state index contributed by atoms with van der Waals surface area (Å²) in [5.74, 6) is 1.13. The largest absolute Gasteiger partial charge is 0.486 e. The van der Waals surface area contributed by atoms with Gasteiger partial charge in [-0.05, 0) is 61.6 Å². The van der Waals surface area contributed by atoms with Crippen LogP contribution in [0.25, 0.3) is 0 Å². The number of carbonyl (C=O) groups is 2. The highest BCUT2D eigenvalue weighted by molar-refractivity contribution is 6.35. The smallest absolute Gasteiger partial charge is 0.243 e. The van der Waals surface area contributed by atoms with Gasteiger partial charge in [0.05, 0.1) is 0 Å². The molecule has 2 aromatic carbocycles. The van der Waals surface area contributed by atoms with Crippen LogP contribution < -0.4 is 14.8 Å². The molecule has 0 spiro atoms. The molecule has 3 rings (SSSR count). The molecule has 184 valence electrons. The number of halogens is 2. The van der Waals surface area contributed by atoms with Crippen molar-refractivity contribution in [3.05, 3.63) is 57.6 Å². The number of amides is 2. The lowest BCUT2D eigenvalue weighted by molar-refractivity contribution is -0.141. The summed E-state index contributed by atoms with van der Waals surface area (Å²) in [5.41, 5.74) is 1.72. The fourth-order valence-corrected chi connectivity index (χ4v) is 4.30. The van der Waals surface area contributed by atoms with Crippen molar-refractivity contribution in [3.8, 4) is 11.5 Å². The van der Waals surface area contributed by atoms with Crippen molar-refractivity contribution >= 4 is 35.0 Å². The highest BCUT2D eigenvalue weighted by atomic mass is 35.5. The predicted octanol–water partition coefficient (Wildman–Crippen LogP) is 5.42. The SMILES string of the molecule is CC[C@@H](C)NC(=O)[C@H](CC)N(Cc1ccc(Cl)cc1Cl)C(=O)CCc1ccc2c(c1)OCCO2. The third-order valence-electron chi connectivity index (χ3n) is 5.98. The number of hydrogen-bond donors (Lipinski definition) is 1. The summed E-state index contributed by atoms with van der Waals surface area (Å²) in [5, 5.41) is 4.00. The molecule has 0 saturated heterocycles. The first-order chi connectivity index (χ1) is 16.3. The van der Waals surface area contributed by atoms with Gasteiger partial charge in [0.2, 0.25) is 11.8 Å². The molecule has 34 heavy (non-hydrogen) atoms. The Bertz CT molecular complexity index is 1010. The number of fused-ring (bicyclic) bond motifs is 1. The zero-order valence-corrected chi connectivity index (χ0v) is 21.4. The molecule has 0 fully saturated rings. The number of benzene rings is 2. The molecule has 1 aliphatic rings. The summed E-state index contributed by atoms with van der Waals surface area (Å²) in [6.07, 6.45) is 2.06. The Morgan fingerprint density at radius 1 is 1.03 bits per heavy atom. The lowest BCUT2D eigenvalue weighted by Gasteiger charge is -2.32. The van der Waals surface area contributed by atoms with Gasteiger partial charge in [-0.3, -0.25) is 9.59 Å². The van der Waals surface area contributed by atoms with Gasteiger partial charge >= 0.3 is 0 Å². The third-order valence-corrected chi connectivity index (χ3v) is 6.56. The molecule has 0 bridgehead atoms. The summed E-state index contributed by atoms with van der Waals surface area (Å²) < 4.78 is 11.2. The van der Waals surface area contributed by atoms with Gasteiger partial charge in [-0.2, -0.15) is 0 Å². The molecule has 8 heteroatoms. The van der Waals surface area contributed by atoms with E-state index in [9.17, 15) is 9.59 Å². The van der Waals surface area contributed by atoms with E-state index in [4.69, 9.17) is 32.7 Å². The zero-order valence-electron chi connectivity index (χ0n) is 19.9. The van der Waals surface area contributed by atoms with Crippen molar-refractivity contribution < 1.29 is 19.1 Å². The van der Waals surface area contributed by atoms with Crippen LogP contribution in [0.2, 0.25) is 10.0 Å². The summed E-state index contributed by atoms with van der Waals surface area (Å²) in [6, 6.07) is 10.3. The molecule has 0 unspecified atom stereocenters. The first-order valence-corrected chi connectivity index (χ1v) is 12.5. The number of nitrogens with one attached hydrogen (secondary N) is 1. The van der Waals surface area contributed by atoms with Gasteiger partial charge in [0.15, 0.2) is 11.5 Å². The molecule has 1 N–H and O–H groups in total. The van der Waals surface area contributed by atoms with Gasteiger partial charge in [-0.1, -0.05) is 49.2 Å². The maximum Gasteiger partial charge on any atom is 0.243 e. The highest BCUT2D eigenvalue weighted by Crippen LogP contribution is 2.31. The van der Waals surface area contributed by atoms with Crippen LogP contribution in [0.15, 0.2) is 36.4 Å². The van der Waals surface area contributed by atoms with E-state index in [0.29, 0.717) is 47.6 Å². The van der Waals surface area contributed by atoms with Crippen LogP contribution in [0.1, 0.15) is 51.2 Å². The number of carbonyl (C=O) groups excluding carboxylic acids is 2. The zero-order chi connectivity index (χ0) is 24.7. The molecule has 1 heterocycles. The minimum absolute atomic E-state index is 0.0235. The van der Waals surface area contributed by atoms with Gasteiger partial charge in [-0.15, -0.1) is 0 Å². The molecule has 1 aliphatic heterocycles. The highest BCUT2D eigenvalue weighted by Gasteiger charge is 2.29. The maximum absolute atomic E-state index is 13.5. The van der Waals surface area contributed by atoms with Gasteiger partial charge in [0.1, 0.15) is 19.3 Å². The molecule has 0 saturated carbocycles. The van der Waals surface area contributed by atoms with Crippen molar-refractivity contribution in [2.24, 2.45) is 0 Å². The molecule has 0 aromatic heterocycles. The molecule has 0 radical (unpaired) electrons. The Labute approximate surface area is 211 Å². The monoisotopic (exact) mass is 506 g/mol. The van der Waals surface area contributed by atoms with E-state index in [1.54, 1.807) is 23.1 Å². The fraction of sp³-hybridized carbons (Fsp3) is 0.462. The number of rotatable bonds is 10. The lowest BCUT2D eigenvalue weighted by Crippen LogP contribution is -2.50. The molecule has 2 amide bonds. The lowest BCUT2D eigenvalue weighted by atomic mass is 10.0. The second-order valence-electron chi connectivity index (χ2n) is 8.48. The van der Waals surface area contributed by atoms with Crippen LogP contribution in [-0.2, 0) is 22.6 Å². The first kappa shape index (κ1) is 26.2. The normalized spacial score (nSPS) is 14.3. The first-order valence-electron chi connectivity index (χ1n) is 11.7. The molecule has 2 aromatic rings. The maximum atomic E-state index is 13.5. The standard InChI is InChI=1S/C26H32Cl2N2O4/c1-4-17(3)29-26(32)22(5-2)30(16-19-8-9-20(27)15-21(19)28)25(31)11-7-18-6-10-23-24(14-18)34-13-12-33-23/h6,8-10,14-15,17,22H,4-5,7,11-13,16H2,1-3H3,(H,29,32)/t17-,22+/m1/s1. The Balaban J connectivity index is 1.79. The third kappa shape index (κ3) is 6.80. The minimum Gasteiger partial charge on any atom is -0.486 e. The van der Waals surface area contributed by atoms with Gasteiger partial charge in [0.25, 0.3) is 0 Å². The predicted molar refractivity (Wildman–Crippen MR) is 135 cm³/mol. The van der Waals surface area contributed by atoms with Crippen molar-refractivity contribution in [2.45, 2.75) is 65.1 Å². The Morgan fingerprint density at radius 2 is 1.76 bits per heavy atom. The van der Waals surface area contributed by atoms with Gasteiger partial charge < -0.3 is 19.7 Å².